The first-order valence-corrected chi connectivity index (χ1v) is 8.38. The molecule has 2 aromatic heterocycles. The third-order valence-corrected chi connectivity index (χ3v) is 4.71. The minimum Gasteiger partial charge on any atom is -0.299 e. The van der Waals surface area contributed by atoms with Crippen LogP contribution in [0, 0.1) is 0 Å². The molecule has 0 fully saturated rings. The van der Waals surface area contributed by atoms with Crippen molar-refractivity contribution in [1.29, 1.82) is 0 Å². The third-order valence-electron chi connectivity index (χ3n) is 4.02. The van der Waals surface area contributed by atoms with E-state index in [1.807, 2.05) is 6.33 Å². The van der Waals surface area contributed by atoms with Crippen LogP contribution < -0.4 is 0 Å². The number of hydrogen-bond acceptors (Lipinski definition) is 2. The maximum absolute atomic E-state index is 4.53. The molecule has 4 rings (SSSR count). The lowest BCUT2D eigenvalue weighted by molar-refractivity contribution is 1.08. The molecule has 0 aliphatic heterocycles. The monoisotopic (exact) mass is 304 g/mol. The van der Waals surface area contributed by atoms with Gasteiger partial charge in [0.2, 0.25) is 0 Å². The van der Waals surface area contributed by atoms with E-state index in [-0.39, 0.29) is 0 Å². The van der Waals surface area contributed by atoms with Gasteiger partial charge in [0.15, 0.2) is 0 Å². The van der Waals surface area contributed by atoms with Crippen molar-refractivity contribution in [1.82, 2.24) is 9.55 Å². The van der Waals surface area contributed by atoms with Crippen molar-refractivity contribution in [3.05, 3.63) is 71.2 Å². The van der Waals surface area contributed by atoms with Crippen LogP contribution in [-0.2, 0) is 6.42 Å². The van der Waals surface area contributed by atoms with Crippen LogP contribution in [0.2, 0.25) is 0 Å². The summed E-state index contributed by atoms with van der Waals surface area (Å²) < 4.78 is 2.16. The largest absolute Gasteiger partial charge is 0.299 e. The van der Waals surface area contributed by atoms with Gasteiger partial charge in [0.25, 0.3) is 0 Å². The van der Waals surface area contributed by atoms with Gasteiger partial charge in [-0.15, -0.1) is 0 Å². The second kappa shape index (κ2) is 5.43. The highest BCUT2D eigenvalue weighted by atomic mass is 32.1. The second-order valence-electron chi connectivity index (χ2n) is 5.35. The first-order chi connectivity index (χ1) is 10.8. The number of rotatable bonds is 3. The zero-order valence-corrected chi connectivity index (χ0v) is 13.2. The Labute approximate surface area is 133 Å². The van der Waals surface area contributed by atoms with E-state index in [0.29, 0.717) is 0 Å². The van der Waals surface area contributed by atoms with Gasteiger partial charge in [-0.25, -0.2) is 4.98 Å². The molecule has 0 spiro atoms. The number of aromatic nitrogens is 2. The molecule has 4 aromatic rings. The molecular formula is C19H16N2S. The smallest absolute Gasteiger partial charge is 0.100 e. The summed E-state index contributed by atoms with van der Waals surface area (Å²) in [5.41, 5.74) is 7.18. The fraction of sp³-hybridized carbons (Fsp3) is 0.105. The molecule has 0 atom stereocenters. The van der Waals surface area contributed by atoms with E-state index >= 15 is 0 Å². The number of hydrogen-bond donors (Lipinski definition) is 0. The number of aryl methyl sites for hydroxylation is 1. The molecule has 22 heavy (non-hydrogen) atoms. The molecular weight excluding hydrogens is 288 g/mol. The Morgan fingerprint density at radius 2 is 1.86 bits per heavy atom. The zero-order chi connectivity index (χ0) is 14.9. The standard InChI is InChI=1S/C19H16N2S/c1-2-14-3-6-17(7-4-14)21-13-20-18-8-5-15(11-19(18)21)16-9-10-22-12-16/h3-13H,2H2,1H3. The Balaban J connectivity index is 1.85. The Morgan fingerprint density at radius 1 is 1.00 bits per heavy atom. The summed E-state index contributed by atoms with van der Waals surface area (Å²) in [4.78, 5) is 4.53. The summed E-state index contributed by atoms with van der Waals surface area (Å²) >= 11 is 1.72. The highest BCUT2D eigenvalue weighted by molar-refractivity contribution is 7.08. The highest BCUT2D eigenvalue weighted by Crippen LogP contribution is 2.27. The van der Waals surface area contributed by atoms with E-state index in [9.17, 15) is 0 Å². The fourth-order valence-electron chi connectivity index (χ4n) is 2.71. The average Bonchev–Trinajstić information content (AvgIpc) is 3.24. The van der Waals surface area contributed by atoms with Crippen LogP contribution in [0.1, 0.15) is 12.5 Å². The molecule has 0 aliphatic rings. The second-order valence-corrected chi connectivity index (χ2v) is 6.13. The number of imidazole rings is 1. The lowest BCUT2D eigenvalue weighted by Gasteiger charge is -2.06. The van der Waals surface area contributed by atoms with E-state index in [4.69, 9.17) is 0 Å². The van der Waals surface area contributed by atoms with Gasteiger partial charge in [0.1, 0.15) is 6.33 Å². The van der Waals surface area contributed by atoms with Gasteiger partial charge in [0, 0.05) is 5.69 Å². The fourth-order valence-corrected chi connectivity index (χ4v) is 3.38. The molecule has 0 aliphatic carbocycles. The van der Waals surface area contributed by atoms with E-state index in [2.05, 4.69) is 75.8 Å². The van der Waals surface area contributed by atoms with Gasteiger partial charge in [-0.2, -0.15) is 11.3 Å². The third kappa shape index (κ3) is 2.24. The van der Waals surface area contributed by atoms with Crippen LogP contribution in [0.5, 0.6) is 0 Å². The van der Waals surface area contributed by atoms with Crippen LogP contribution in [0.4, 0.5) is 0 Å². The summed E-state index contributed by atoms with van der Waals surface area (Å²) in [6, 6.07) is 17.3. The van der Waals surface area contributed by atoms with Crippen molar-refractivity contribution in [3.63, 3.8) is 0 Å². The Hall–Kier alpha value is -2.39. The molecule has 0 unspecified atom stereocenters. The highest BCUT2D eigenvalue weighted by Gasteiger charge is 2.07. The molecule has 0 saturated carbocycles. The molecule has 0 saturated heterocycles. The van der Waals surface area contributed by atoms with E-state index in [1.54, 1.807) is 11.3 Å². The molecule has 2 aromatic carbocycles. The lowest BCUT2D eigenvalue weighted by Crippen LogP contribution is -1.92. The van der Waals surface area contributed by atoms with E-state index < -0.39 is 0 Å². The molecule has 0 bridgehead atoms. The summed E-state index contributed by atoms with van der Waals surface area (Å²) in [6.45, 7) is 2.18. The SMILES string of the molecule is CCc1ccc(-n2cnc3ccc(-c4ccsc4)cc32)cc1. The van der Waals surface area contributed by atoms with Crippen molar-refractivity contribution < 1.29 is 0 Å². The van der Waals surface area contributed by atoms with Crippen LogP contribution in [0.15, 0.2) is 65.6 Å². The number of fused-ring (bicyclic) bond motifs is 1. The van der Waals surface area contributed by atoms with Gasteiger partial charge < -0.3 is 0 Å². The number of benzene rings is 2. The summed E-state index contributed by atoms with van der Waals surface area (Å²) in [6.07, 6.45) is 2.97. The lowest BCUT2D eigenvalue weighted by atomic mass is 10.1. The average molecular weight is 304 g/mol. The quantitative estimate of drug-likeness (QED) is 0.501. The van der Waals surface area contributed by atoms with Gasteiger partial charge in [-0.05, 0) is 64.2 Å². The van der Waals surface area contributed by atoms with Gasteiger partial charge >= 0.3 is 0 Å². The minimum absolute atomic E-state index is 1.03. The van der Waals surface area contributed by atoms with E-state index in [0.717, 1.165) is 23.1 Å². The predicted molar refractivity (Wildman–Crippen MR) is 93.8 cm³/mol. The van der Waals surface area contributed by atoms with Crippen molar-refractivity contribution >= 4 is 22.4 Å². The predicted octanol–water partition coefficient (Wildman–Crippen LogP) is 5.32. The van der Waals surface area contributed by atoms with Crippen LogP contribution in [0.25, 0.3) is 27.8 Å². The number of thiophene rings is 1. The molecule has 108 valence electrons. The normalized spacial score (nSPS) is 11.1. The zero-order valence-electron chi connectivity index (χ0n) is 12.4. The van der Waals surface area contributed by atoms with Crippen molar-refractivity contribution in [2.24, 2.45) is 0 Å². The van der Waals surface area contributed by atoms with Crippen molar-refractivity contribution in [2.75, 3.05) is 0 Å². The van der Waals surface area contributed by atoms with E-state index in [1.165, 1.54) is 16.7 Å². The molecule has 0 amide bonds. The molecule has 0 radical (unpaired) electrons. The maximum Gasteiger partial charge on any atom is 0.100 e. The molecule has 2 nitrogen and oxygen atoms in total. The minimum atomic E-state index is 1.03. The Morgan fingerprint density at radius 3 is 2.59 bits per heavy atom. The van der Waals surface area contributed by atoms with Gasteiger partial charge in [-0.1, -0.05) is 25.1 Å². The first-order valence-electron chi connectivity index (χ1n) is 7.44. The van der Waals surface area contributed by atoms with Crippen molar-refractivity contribution in [3.8, 4) is 16.8 Å². The first kappa shape index (κ1) is 13.3. The van der Waals surface area contributed by atoms with Gasteiger partial charge in [-0.3, -0.25) is 4.57 Å². The van der Waals surface area contributed by atoms with Crippen molar-refractivity contribution in [2.45, 2.75) is 13.3 Å². The summed E-state index contributed by atoms with van der Waals surface area (Å²) in [5.74, 6) is 0. The Kier molecular flexibility index (Phi) is 3.28. The van der Waals surface area contributed by atoms with Gasteiger partial charge in [0.05, 0.1) is 11.0 Å². The Bertz CT molecular complexity index is 902. The number of nitrogens with zero attached hydrogens (tertiary/aromatic N) is 2. The summed E-state index contributed by atoms with van der Waals surface area (Å²) in [5, 5.41) is 4.29. The maximum atomic E-state index is 4.53. The summed E-state index contributed by atoms with van der Waals surface area (Å²) in [7, 11) is 0. The van der Waals surface area contributed by atoms with Crippen LogP contribution >= 0.6 is 11.3 Å². The molecule has 3 heteroatoms. The topological polar surface area (TPSA) is 17.8 Å². The molecule has 2 heterocycles. The van der Waals surface area contributed by atoms with Crippen LogP contribution in [-0.4, -0.2) is 9.55 Å². The molecule has 0 N–H and O–H groups in total. The van der Waals surface area contributed by atoms with Crippen LogP contribution in [0.3, 0.4) is 0 Å².